The largest absolute Gasteiger partial charge is 0.360 e. The average molecular weight is 336 g/mol. The predicted molar refractivity (Wildman–Crippen MR) is 91.6 cm³/mol. The lowest BCUT2D eigenvalue weighted by atomic mass is 10.2. The molecule has 2 amide bonds. The molecule has 1 saturated heterocycles. The van der Waals surface area contributed by atoms with Crippen LogP contribution in [0.1, 0.15) is 44.8 Å². The van der Waals surface area contributed by atoms with Gasteiger partial charge in [0.15, 0.2) is 5.82 Å². The number of rotatable bonds is 9. The van der Waals surface area contributed by atoms with Crippen molar-refractivity contribution in [1.29, 1.82) is 0 Å². The van der Waals surface area contributed by atoms with Crippen LogP contribution in [0.2, 0.25) is 0 Å². The minimum Gasteiger partial charge on any atom is -0.360 e. The summed E-state index contributed by atoms with van der Waals surface area (Å²) in [7, 11) is 0. The Hall–Kier alpha value is -1.89. The number of likely N-dealkylation sites (tertiary alicyclic amines) is 1. The zero-order valence-electron chi connectivity index (χ0n) is 14.7. The SMILES string of the molecule is CCCCC(=O)N(CCN1CCCC1)CC(=O)Nc1cc(C)on1. The fourth-order valence-corrected chi connectivity index (χ4v) is 2.83. The van der Waals surface area contributed by atoms with Gasteiger partial charge in [-0.2, -0.15) is 0 Å². The summed E-state index contributed by atoms with van der Waals surface area (Å²) in [5, 5.41) is 6.43. The van der Waals surface area contributed by atoms with Crippen molar-refractivity contribution in [2.24, 2.45) is 0 Å². The van der Waals surface area contributed by atoms with Crippen LogP contribution in [0.25, 0.3) is 0 Å². The number of hydrogen-bond donors (Lipinski definition) is 1. The standard InChI is InChI=1S/C17H28N4O3/c1-3-4-7-17(23)21(11-10-20-8-5-6-9-20)13-16(22)18-15-12-14(2)24-19-15/h12H,3-11,13H2,1-2H3,(H,18,19,22). The van der Waals surface area contributed by atoms with Gasteiger partial charge in [0, 0.05) is 25.6 Å². The van der Waals surface area contributed by atoms with E-state index < -0.39 is 0 Å². The van der Waals surface area contributed by atoms with Gasteiger partial charge in [-0.15, -0.1) is 0 Å². The molecule has 1 aromatic heterocycles. The minimum absolute atomic E-state index is 0.0440. The predicted octanol–water partition coefficient (Wildman–Crippen LogP) is 2.04. The van der Waals surface area contributed by atoms with E-state index in [-0.39, 0.29) is 18.4 Å². The van der Waals surface area contributed by atoms with E-state index >= 15 is 0 Å². The molecule has 1 N–H and O–H groups in total. The summed E-state index contributed by atoms with van der Waals surface area (Å²) in [6, 6.07) is 1.66. The number of anilines is 1. The Labute approximate surface area is 143 Å². The fourth-order valence-electron chi connectivity index (χ4n) is 2.83. The van der Waals surface area contributed by atoms with Crippen LogP contribution in [0.5, 0.6) is 0 Å². The Bertz CT molecular complexity index is 538. The van der Waals surface area contributed by atoms with Crippen LogP contribution >= 0.6 is 0 Å². The summed E-state index contributed by atoms with van der Waals surface area (Å²) in [6.07, 6.45) is 4.75. The highest BCUT2D eigenvalue weighted by Gasteiger charge is 2.19. The average Bonchev–Trinajstić information content (AvgIpc) is 3.20. The van der Waals surface area contributed by atoms with Crippen LogP contribution in [-0.2, 0) is 9.59 Å². The van der Waals surface area contributed by atoms with E-state index in [1.54, 1.807) is 17.9 Å². The summed E-state index contributed by atoms with van der Waals surface area (Å²) in [4.78, 5) is 28.6. The molecule has 2 rings (SSSR count). The molecule has 1 aliphatic heterocycles. The van der Waals surface area contributed by atoms with Crippen molar-refractivity contribution >= 4 is 17.6 Å². The van der Waals surface area contributed by atoms with Crippen molar-refractivity contribution in [2.75, 3.05) is 38.0 Å². The fraction of sp³-hybridized carbons (Fsp3) is 0.706. The van der Waals surface area contributed by atoms with Crippen LogP contribution < -0.4 is 5.32 Å². The topological polar surface area (TPSA) is 78.7 Å². The molecule has 0 spiro atoms. The number of amides is 2. The summed E-state index contributed by atoms with van der Waals surface area (Å²) in [5.41, 5.74) is 0. The second kappa shape index (κ2) is 9.42. The summed E-state index contributed by atoms with van der Waals surface area (Å²) in [6.45, 7) is 7.47. The molecule has 0 atom stereocenters. The molecule has 1 fully saturated rings. The lowest BCUT2D eigenvalue weighted by Gasteiger charge is -2.25. The molecule has 1 aliphatic rings. The molecule has 0 bridgehead atoms. The van der Waals surface area contributed by atoms with Gasteiger partial charge in [-0.05, 0) is 39.3 Å². The third-order valence-electron chi connectivity index (χ3n) is 4.21. The Morgan fingerprint density at radius 1 is 1.38 bits per heavy atom. The number of unbranched alkanes of at least 4 members (excludes halogenated alkanes) is 1. The van der Waals surface area contributed by atoms with E-state index in [2.05, 4.69) is 22.3 Å². The third-order valence-corrected chi connectivity index (χ3v) is 4.21. The molecule has 7 heteroatoms. The maximum Gasteiger partial charge on any atom is 0.245 e. The minimum atomic E-state index is -0.241. The summed E-state index contributed by atoms with van der Waals surface area (Å²) in [5.74, 6) is 0.824. The van der Waals surface area contributed by atoms with Gasteiger partial charge in [0.2, 0.25) is 11.8 Å². The van der Waals surface area contributed by atoms with Gasteiger partial charge >= 0.3 is 0 Å². The van der Waals surface area contributed by atoms with Gasteiger partial charge in [-0.3, -0.25) is 9.59 Å². The lowest BCUT2D eigenvalue weighted by Crippen LogP contribution is -2.42. The second-order valence-electron chi connectivity index (χ2n) is 6.34. The molecule has 0 unspecified atom stereocenters. The summed E-state index contributed by atoms with van der Waals surface area (Å²) < 4.78 is 4.93. The molecule has 0 aromatic carbocycles. The normalized spacial score (nSPS) is 14.8. The molecule has 2 heterocycles. The Balaban J connectivity index is 1.87. The number of nitrogens with zero attached hydrogens (tertiary/aromatic N) is 3. The number of nitrogens with one attached hydrogen (secondary N) is 1. The lowest BCUT2D eigenvalue weighted by molar-refractivity contribution is -0.135. The first-order chi connectivity index (χ1) is 11.6. The smallest absolute Gasteiger partial charge is 0.245 e. The van der Waals surface area contributed by atoms with E-state index in [1.165, 1.54) is 12.8 Å². The van der Waals surface area contributed by atoms with Crippen molar-refractivity contribution in [3.05, 3.63) is 11.8 Å². The molecule has 1 aromatic rings. The highest BCUT2D eigenvalue weighted by molar-refractivity contribution is 5.93. The zero-order valence-corrected chi connectivity index (χ0v) is 14.7. The number of hydrogen-bond acceptors (Lipinski definition) is 5. The second-order valence-corrected chi connectivity index (χ2v) is 6.34. The van der Waals surface area contributed by atoms with E-state index in [9.17, 15) is 9.59 Å². The van der Waals surface area contributed by atoms with Crippen LogP contribution in [-0.4, -0.2) is 59.5 Å². The molecule has 24 heavy (non-hydrogen) atoms. The number of aryl methyl sites for hydroxylation is 1. The molecule has 7 nitrogen and oxygen atoms in total. The Morgan fingerprint density at radius 2 is 2.12 bits per heavy atom. The van der Waals surface area contributed by atoms with Crippen molar-refractivity contribution in [2.45, 2.75) is 46.0 Å². The van der Waals surface area contributed by atoms with Gasteiger partial charge in [0.05, 0.1) is 6.54 Å². The maximum absolute atomic E-state index is 12.4. The van der Waals surface area contributed by atoms with E-state index in [1.807, 2.05) is 0 Å². The molecular weight excluding hydrogens is 308 g/mol. The van der Waals surface area contributed by atoms with Gasteiger partial charge in [-0.1, -0.05) is 18.5 Å². The van der Waals surface area contributed by atoms with Crippen LogP contribution in [0.3, 0.4) is 0 Å². The van der Waals surface area contributed by atoms with Gasteiger partial charge in [-0.25, -0.2) is 0 Å². The highest BCUT2D eigenvalue weighted by Crippen LogP contribution is 2.09. The van der Waals surface area contributed by atoms with Crippen molar-refractivity contribution < 1.29 is 14.1 Å². The van der Waals surface area contributed by atoms with Crippen LogP contribution in [0, 0.1) is 6.92 Å². The van der Waals surface area contributed by atoms with Crippen molar-refractivity contribution in [3.63, 3.8) is 0 Å². The molecule has 134 valence electrons. The number of carbonyl (C=O) groups excluding carboxylic acids is 2. The quantitative estimate of drug-likeness (QED) is 0.746. The molecule has 0 saturated carbocycles. The van der Waals surface area contributed by atoms with E-state index in [4.69, 9.17) is 4.52 Å². The first kappa shape index (κ1) is 18.4. The van der Waals surface area contributed by atoms with Crippen LogP contribution in [0.4, 0.5) is 5.82 Å². The maximum atomic E-state index is 12.4. The molecule has 0 aliphatic carbocycles. The third kappa shape index (κ3) is 5.96. The zero-order chi connectivity index (χ0) is 17.4. The van der Waals surface area contributed by atoms with E-state index in [0.717, 1.165) is 32.5 Å². The molecule has 0 radical (unpaired) electrons. The van der Waals surface area contributed by atoms with Crippen molar-refractivity contribution in [3.8, 4) is 0 Å². The first-order valence-electron chi connectivity index (χ1n) is 8.81. The van der Waals surface area contributed by atoms with Gasteiger partial charge in [0.1, 0.15) is 5.76 Å². The Kier molecular flexibility index (Phi) is 7.24. The highest BCUT2D eigenvalue weighted by atomic mass is 16.5. The monoisotopic (exact) mass is 336 g/mol. The van der Waals surface area contributed by atoms with Crippen molar-refractivity contribution in [1.82, 2.24) is 15.0 Å². The first-order valence-corrected chi connectivity index (χ1v) is 8.81. The van der Waals surface area contributed by atoms with Gasteiger partial charge < -0.3 is 19.6 Å². The number of carbonyl (C=O) groups is 2. The Morgan fingerprint density at radius 3 is 2.75 bits per heavy atom. The molecular formula is C17H28N4O3. The summed E-state index contributed by atoms with van der Waals surface area (Å²) >= 11 is 0. The number of aromatic nitrogens is 1. The van der Waals surface area contributed by atoms with Crippen LogP contribution in [0.15, 0.2) is 10.6 Å². The van der Waals surface area contributed by atoms with Gasteiger partial charge in [0.25, 0.3) is 0 Å². The van der Waals surface area contributed by atoms with E-state index in [0.29, 0.717) is 24.5 Å².